The van der Waals surface area contributed by atoms with E-state index in [4.69, 9.17) is 4.74 Å². The molecule has 1 saturated heterocycles. The van der Waals surface area contributed by atoms with Crippen LogP contribution in [0.5, 0.6) is 5.75 Å². The number of methoxy groups -OCH3 is 1. The van der Waals surface area contributed by atoms with Crippen molar-refractivity contribution in [2.24, 2.45) is 0 Å². The highest BCUT2D eigenvalue weighted by atomic mass is 35.5. The minimum atomic E-state index is -0.469. The maximum Gasteiger partial charge on any atom is 0.240 e. The van der Waals surface area contributed by atoms with E-state index < -0.39 is 6.04 Å². The van der Waals surface area contributed by atoms with E-state index >= 15 is 0 Å². The third kappa shape index (κ3) is 6.76. The van der Waals surface area contributed by atoms with Gasteiger partial charge in [0.25, 0.3) is 0 Å². The molecule has 1 fully saturated rings. The van der Waals surface area contributed by atoms with E-state index in [1.165, 1.54) is 5.56 Å². The Bertz CT molecular complexity index is 784. The number of hydrogen-bond acceptors (Lipinski definition) is 4. The first-order chi connectivity index (χ1) is 13.7. The Hall–Kier alpha value is -2.57. The molecule has 1 aliphatic rings. The number of nitrogens with zero attached hydrogens (tertiary/aromatic N) is 1. The highest BCUT2D eigenvalue weighted by Gasteiger charge is 2.29. The first kappa shape index (κ1) is 22.7. The van der Waals surface area contributed by atoms with Crippen LogP contribution in [0.25, 0.3) is 0 Å². The van der Waals surface area contributed by atoms with Gasteiger partial charge >= 0.3 is 0 Å². The smallest absolute Gasteiger partial charge is 0.240 e. The van der Waals surface area contributed by atoms with Crippen molar-refractivity contribution in [2.45, 2.75) is 25.3 Å². The first-order valence-electron chi connectivity index (χ1n) is 9.65. The summed E-state index contributed by atoms with van der Waals surface area (Å²) in [5, 5.41) is 6.01. The standard InChI is InChI=1S/C22H27N3O3.ClH/c1-28-19-11-9-18(10-12-19)24-21(26)16-20-22(27)25(15-13-23-20)14-5-8-17-6-3-2-4-7-17;/h2-4,6-7,9-12,20,23H,5,8,13-16H2,1H3,(H,24,26);1H. The molecule has 2 N–H and O–H groups in total. The number of rotatable bonds is 8. The van der Waals surface area contributed by atoms with Gasteiger partial charge in [-0.15, -0.1) is 12.4 Å². The average molecular weight is 418 g/mol. The molecule has 1 unspecified atom stereocenters. The Kier molecular flexibility index (Phi) is 8.96. The zero-order valence-corrected chi connectivity index (χ0v) is 17.4. The van der Waals surface area contributed by atoms with Crippen molar-refractivity contribution in [1.29, 1.82) is 0 Å². The van der Waals surface area contributed by atoms with Crippen LogP contribution in [0.1, 0.15) is 18.4 Å². The van der Waals surface area contributed by atoms with Crippen LogP contribution in [0.4, 0.5) is 5.69 Å². The van der Waals surface area contributed by atoms with Gasteiger partial charge in [0, 0.05) is 25.3 Å². The second-order valence-electron chi connectivity index (χ2n) is 6.90. The minimum absolute atomic E-state index is 0. The third-order valence-corrected chi connectivity index (χ3v) is 4.88. The number of halogens is 1. The van der Waals surface area contributed by atoms with Gasteiger partial charge in [0.05, 0.1) is 19.6 Å². The number of ether oxygens (including phenoxy) is 1. The predicted molar refractivity (Wildman–Crippen MR) is 117 cm³/mol. The molecule has 0 bridgehead atoms. The summed E-state index contributed by atoms with van der Waals surface area (Å²) in [6, 6.07) is 16.9. The summed E-state index contributed by atoms with van der Waals surface area (Å²) in [5.41, 5.74) is 1.97. The molecule has 1 heterocycles. The van der Waals surface area contributed by atoms with Crippen molar-refractivity contribution in [3.63, 3.8) is 0 Å². The van der Waals surface area contributed by atoms with E-state index in [0.717, 1.165) is 18.6 Å². The van der Waals surface area contributed by atoms with Crippen molar-refractivity contribution in [3.05, 3.63) is 60.2 Å². The zero-order valence-electron chi connectivity index (χ0n) is 16.6. The van der Waals surface area contributed by atoms with Crippen molar-refractivity contribution in [1.82, 2.24) is 10.2 Å². The van der Waals surface area contributed by atoms with Crippen molar-refractivity contribution >= 4 is 29.9 Å². The fourth-order valence-electron chi connectivity index (χ4n) is 3.36. The van der Waals surface area contributed by atoms with Crippen molar-refractivity contribution in [2.75, 3.05) is 32.1 Å². The van der Waals surface area contributed by atoms with Crippen LogP contribution in [0.15, 0.2) is 54.6 Å². The predicted octanol–water partition coefficient (Wildman–Crippen LogP) is 2.88. The van der Waals surface area contributed by atoms with E-state index in [0.29, 0.717) is 25.3 Å². The van der Waals surface area contributed by atoms with Crippen LogP contribution in [-0.4, -0.2) is 49.5 Å². The van der Waals surface area contributed by atoms with Gasteiger partial charge in [-0.05, 0) is 42.7 Å². The van der Waals surface area contributed by atoms with Crippen LogP contribution >= 0.6 is 12.4 Å². The van der Waals surface area contributed by atoms with E-state index in [1.54, 1.807) is 31.4 Å². The fraction of sp³-hybridized carbons (Fsp3) is 0.364. The van der Waals surface area contributed by atoms with Crippen molar-refractivity contribution in [3.8, 4) is 5.75 Å². The Balaban J connectivity index is 0.00000300. The van der Waals surface area contributed by atoms with Gasteiger partial charge in [-0.3, -0.25) is 9.59 Å². The van der Waals surface area contributed by atoms with Gasteiger partial charge in [0.1, 0.15) is 5.75 Å². The number of nitrogens with one attached hydrogen (secondary N) is 2. The van der Waals surface area contributed by atoms with E-state index in [-0.39, 0.29) is 30.6 Å². The Labute approximate surface area is 178 Å². The molecule has 2 aromatic carbocycles. The van der Waals surface area contributed by atoms with Crippen LogP contribution in [-0.2, 0) is 16.0 Å². The van der Waals surface area contributed by atoms with Gasteiger partial charge < -0.3 is 20.3 Å². The SMILES string of the molecule is COc1ccc(NC(=O)CC2NCCN(CCCc3ccccc3)C2=O)cc1.Cl. The molecule has 1 atom stereocenters. The van der Waals surface area contributed by atoms with Gasteiger partial charge in [0.15, 0.2) is 0 Å². The number of carbonyl (C=O) groups is 2. The Morgan fingerprint density at radius 3 is 2.59 bits per heavy atom. The highest BCUT2D eigenvalue weighted by molar-refractivity contribution is 5.95. The van der Waals surface area contributed by atoms with E-state index in [2.05, 4.69) is 22.8 Å². The summed E-state index contributed by atoms with van der Waals surface area (Å²) in [4.78, 5) is 26.9. The molecule has 2 aromatic rings. The Morgan fingerprint density at radius 2 is 1.90 bits per heavy atom. The monoisotopic (exact) mass is 417 g/mol. The molecule has 0 saturated carbocycles. The van der Waals surface area contributed by atoms with Gasteiger partial charge in [-0.25, -0.2) is 0 Å². The largest absolute Gasteiger partial charge is 0.497 e. The molecular formula is C22H28ClN3O3. The van der Waals surface area contributed by atoms with E-state index in [9.17, 15) is 9.59 Å². The van der Waals surface area contributed by atoms with Crippen LogP contribution < -0.4 is 15.4 Å². The first-order valence-corrected chi connectivity index (χ1v) is 9.65. The molecule has 156 valence electrons. The molecule has 1 aliphatic heterocycles. The Morgan fingerprint density at radius 1 is 1.17 bits per heavy atom. The lowest BCUT2D eigenvalue weighted by molar-refractivity contribution is -0.137. The molecular weight excluding hydrogens is 390 g/mol. The second-order valence-corrected chi connectivity index (χ2v) is 6.90. The van der Waals surface area contributed by atoms with E-state index in [1.807, 2.05) is 23.1 Å². The summed E-state index contributed by atoms with van der Waals surface area (Å²) in [6.07, 6.45) is 1.99. The van der Waals surface area contributed by atoms with Gasteiger partial charge in [-0.2, -0.15) is 0 Å². The molecule has 7 heteroatoms. The lowest BCUT2D eigenvalue weighted by Gasteiger charge is -2.33. The number of amides is 2. The van der Waals surface area contributed by atoms with Crippen molar-refractivity contribution < 1.29 is 14.3 Å². The quantitative estimate of drug-likeness (QED) is 0.692. The number of anilines is 1. The van der Waals surface area contributed by atoms with Gasteiger partial charge in [0.2, 0.25) is 11.8 Å². The highest BCUT2D eigenvalue weighted by Crippen LogP contribution is 2.16. The summed E-state index contributed by atoms with van der Waals surface area (Å²) < 4.78 is 5.11. The molecule has 29 heavy (non-hydrogen) atoms. The average Bonchev–Trinajstić information content (AvgIpc) is 2.72. The number of carbonyl (C=O) groups excluding carboxylic acids is 2. The normalized spacial score (nSPS) is 16.1. The molecule has 0 radical (unpaired) electrons. The third-order valence-electron chi connectivity index (χ3n) is 4.88. The maximum absolute atomic E-state index is 12.7. The van der Waals surface area contributed by atoms with Crippen LogP contribution in [0.2, 0.25) is 0 Å². The van der Waals surface area contributed by atoms with Crippen LogP contribution in [0, 0.1) is 0 Å². The minimum Gasteiger partial charge on any atom is -0.497 e. The number of benzene rings is 2. The van der Waals surface area contributed by atoms with Gasteiger partial charge in [-0.1, -0.05) is 30.3 Å². The molecule has 0 aromatic heterocycles. The molecule has 2 amide bonds. The lowest BCUT2D eigenvalue weighted by atomic mass is 10.1. The summed E-state index contributed by atoms with van der Waals surface area (Å²) in [7, 11) is 1.60. The lowest BCUT2D eigenvalue weighted by Crippen LogP contribution is -2.56. The molecule has 6 nitrogen and oxygen atoms in total. The summed E-state index contributed by atoms with van der Waals surface area (Å²) in [5.74, 6) is 0.555. The number of piperazine rings is 1. The summed E-state index contributed by atoms with van der Waals surface area (Å²) >= 11 is 0. The molecule has 0 aliphatic carbocycles. The number of hydrogen-bond donors (Lipinski definition) is 2. The number of aryl methyl sites for hydroxylation is 1. The fourth-order valence-corrected chi connectivity index (χ4v) is 3.36. The summed E-state index contributed by atoms with van der Waals surface area (Å²) in [6.45, 7) is 2.10. The topological polar surface area (TPSA) is 70.7 Å². The molecule has 0 spiro atoms. The zero-order chi connectivity index (χ0) is 19.8. The maximum atomic E-state index is 12.7. The second kappa shape index (κ2) is 11.4. The molecule has 3 rings (SSSR count). The van der Waals surface area contributed by atoms with Crippen LogP contribution in [0.3, 0.4) is 0 Å².